The van der Waals surface area contributed by atoms with Gasteiger partial charge >= 0.3 is 5.97 Å². The standard InChI is InChI=1S/C12H11ClN2O4/c13-7-3-6(12(18)19)4-8(5-7)14-11(17)9-1-2-10(16)15-9/h3-5,9H,1-2H2,(H,14,17)(H,15,16)(H,18,19). The minimum Gasteiger partial charge on any atom is -0.478 e. The Bertz CT molecular complexity index is 559. The van der Waals surface area contributed by atoms with Crippen molar-refractivity contribution in [2.24, 2.45) is 0 Å². The predicted molar refractivity (Wildman–Crippen MR) is 68.2 cm³/mol. The minimum absolute atomic E-state index is 0.0155. The summed E-state index contributed by atoms with van der Waals surface area (Å²) in [6, 6.07) is 3.46. The summed E-state index contributed by atoms with van der Waals surface area (Å²) in [6.07, 6.45) is 0.741. The van der Waals surface area contributed by atoms with Crippen LogP contribution in [-0.4, -0.2) is 28.9 Å². The van der Waals surface area contributed by atoms with Gasteiger partial charge < -0.3 is 15.7 Å². The number of nitrogens with one attached hydrogen (secondary N) is 2. The van der Waals surface area contributed by atoms with E-state index in [0.29, 0.717) is 12.8 Å². The van der Waals surface area contributed by atoms with Crippen LogP contribution in [-0.2, 0) is 9.59 Å². The van der Waals surface area contributed by atoms with Gasteiger partial charge in [0.2, 0.25) is 11.8 Å². The first-order valence-electron chi connectivity index (χ1n) is 5.60. The first kappa shape index (κ1) is 13.4. The molecule has 1 aromatic rings. The average Bonchev–Trinajstić information content (AvgIpc) is 2.75. The molecule has 1 aliphatic rings. The van der Waals surface area contributed by atoms with Gasteiger partial charge in [0.1, 0.15) is 6.04 Å². The second-order valence-electron chi connectivity index (χ2n) is 4.18. The van der Waals surface area contributed by atoms with Gasteiger partial charge in [-0.25, -0.2) is 4.79 Å². The molecule has 100 valence electrons. The van der Waals surface area contributed by atoms with Gasteiger partial charge in [0.25, 0.3) is 0 Å². The molecule has 3 N–H and O–H groups in total. The second-order valence-corrected chi connectivity index (χ2v) is 4.62. The molecule has 6 nitrogen and oxygen atoms in total. The summed E-state index contributed by atoms with van der Waals surface area (Å²) in [5.74, 6) is -1.69. The molecule has 1 aromatic carbocycles. The maximum atomic E-state index is 11.8. The van der Waals surface area contributed by atoms with Crippen LogP contribution in [0.4, 0.5) is 5.69 Å². The molecule has 0 spiro atoms. The van der Waals surface area contributed by atoms with Crippen molar-refractivity contribution in [2.45, 2.75) is 18.9 Å². The lowest BCUT2D eigenvalue weighted by atomic mass is 10.1. The largest absolute Gasteiger partial charge is 0.478 e. The highest BCUT2D eigenvalue weighted by Crippen LogP contribution is 2.20. The highest BCUT2D eigenvalue weighted by Gasteiger charge is 2.27. The number of carboxylic acid groups (broad SMARTS) is 1. The normalized spacial score (nSPS) is 17.9. The quantitative estimate of drug-likeness (QED) is 0.777. The van der Waals surface area contributed by atoms with Crippen LogP contribution in [0.3, 0.4) is 0 Å². The monoisotopic (exact) mass is 282 g/mol. The van der Waals surface area contributed by atoms with Crippen LogP contribution in [0.2, 0.25) is 5.02 Å². The number of rotatable bonds is 3. The fraction of sp³-hybridized carbons (Fsp3) is 0.250. The summed E-state index contributed by atoms with van der Waals surface area (Å²) < 4.78 is 0. The molecule has 1 fully saturated rings. The van der Waals surface area contributed by atoms with Gasteiger partial charge in [-0.05, 0) is 24.6 Å². The smallest absolute Gasteiger partial charge is 0.335 e. The summed E-state index contributed by atoms with van der Waals surface area (Å²) in [5, 5.41) is 14.2. The van der Waals surface area contributed by atoms with Gasteiger partial charge in [0.15, 0.2) is 0 Å². The fourth-order valence-electron chi connectivity index (χ4n) is 1.83. The number of aromatic carboxylic acids is 1. The van der Waals surface area contributed by atoms with E-state index in [2.05, 4.69) is 10.6 Å². The maximum absolute atomic E-state index is 11.8. The predicted octanol–water partition coefficient (Wildman–Crippen LogP) is 1.26. The zero-order chi connectivity index (χ0) is 14.0. The average molecular weight is 283 g/mol. The number of carbonyl (C=O) groups excluding carboxylic acids is 2. The summed E-state index contributed by atoms with van der Waals surface area (Å²) in [7, 11) is 0. The van der Waals surface area contributed by atoms with Crippen molar-refractivity contribution >= 4 is 35.1 Å². The van der Waals surface area contributed by atoms with Crippen molar-refractivity contribution in [1.82, 2.24) is 5.32 Å². The van der Waals surface area contributed by atoms with Crippen LogP contribution >= 0.6 is 11.6 Å². The number of benzene rings is 1. The molecule has 0 bridgehead atoms. The molecule has 0 aliphatic carbocycles. The van der Waals surface area contributed by atoms with Gasteiger partial charge in [-0.3, -0.25) is 9.59 Å². The SMILES string of the molecule is O=C1CCC(C(=O)Nc2cc(Cl)cc(C(=O)O)c2)N1. The maximum Gasteiger partial charge on any atom is 0.335 e. The molecule has 1 atom stereocenters. The van der Waals surface area contributed by atoms with E-state index >= 15 is 0 Å². The Morgan fingerprint density at radius 3 is 2.68 bits per heavy atom. The fourth-order valence-corrected chi connectivity index (χ4v) is 2.06. The number of hydrogen-bond donors (Lipinski definition) is 3. The lowest BCUT2D eigenvalue weighted by molar-refractivity contribution is -0.122. The van der Waals surface area contributed by atoms with Crippen molar-refractivity contribution in [3.63, 3.8) is 0 Å². The van der Waals surface area contributed by atoms with E-state index in [0.717, 1.165) is 0 Å². The zero-order valence-electron chi connectivity index (χ0n) is 9.77. The van der Waals surface area contributed by atoms with Crippen molar-refractivity contribution in [2.75, 3.05) is 5.32 Å². The minimum atomic E-state index is -1.13. The van der Waals surface area contributed by atoms with Crippen molar-refractivity contribution < 1.29 is 19.5 Å². The number of carbonyl (C=O) groups is 3. The van der Waals surface area contributed by atoms with Crippen LogP contribution in [0.25, 0.3) is 0 Å². The highest BCUT2D eigenvalue weighted by molar-refractivity contribution is 6.31. The third-order valence-electron chi connectivity index (χ3n) is 2.72. The molecule has 0 saturated carbocycles. The van der Waals surface area contributed by atoms with E-state index in [9.17, 15) is 14.4 Å². The first-order valence-corrected chi connectivity index (χ1v) is 5.97. The number of anilines is 1. The lowest BCUT2D eigenvalue weighted by Gasteiger charge is -2.11. The van der Waals surface area contributed by atoms with Crippen LogP contribution in [0.15, 0.2) is 18.2 Å². The lowest BCUT2D eigenvalue weighted by Crippen LogP contribution is -2.37. The van der Waals surface area contributed by atoms with E-state index in [4.69, 9.17) is 16.7 Å². The molecule has 0 aromatic heterocycles. The number of amides is 2. The number of carboxylic acids is 1. The van der Waals surface area contributed by atoms with E-state index in [1.807, 2.05) is 0 Å². The summed E-state index contributed by atoms with van der Waals surface area (Å²) in [4.78, 5) is 33.7. The molecular formula is C12H11ClN2O4. The van der Waals surface area contributed by atoms with Gasteiger partial charge in [0, 0.05) is 17.1 Å². The Morgan fingerprint density at radius 1 is 1.37 bits per heavy atom. The molecule has 0 radical (unpaired) electrons. The molecule has 1 unspecified atom stereocenters. The molecule has 19 heavy (non-hydrogen) atoms. The van der Waals surface area contributed by atoms with Crippen LogP contribution in [0, 0.1) is 0 Å². The van der Waals surface area contributed by atoms with E-state index < -0.39 is 12.0 Å². The van der Waals surface area contributed by atoms with Crippen LogP contribution in [0.1, 0.15) is 23.2 Å². The van der Waals surface area contributed by atoms with Gasteiger partial charge in [-0.2, -0.15) is 0 Å². The summed E-state index contributed by atoms with van der Waals surface area (Å²) in [6.45, 7) is 0. The third kappa shape index (κ3) is 3.23. The molecule has 7 heteroatoms. The van der Waals surface area contributed by atoms with Crippen LogP contribution in [0.5, 0.6) is 0 Å². The zero-order valence-corrected chi connectivity index (χ0v) is 10.5. The second kappa shape index (κ2) is 5.27. The Hall–Kier alpha value is -2.08. The topological polar surface area (TPSA) is 95.5 Å². The Kier molecular flexibility index (Phi) is 3.71. The molecule has 1 aliphatic heterocycles. The molecule has 2 rings (SSSR count). The van der Waals surface area contributed by atoms with Gasteiger partial charge in [-0.1, -0.05) is 11.6 Å². The molecule has 1 saturated heterocycles. The highest BCUT2D eigenvalue weighted by atomic mass is 35.5. The third-order valence-corrected chi connectivity index (χ3v) is 2.94. The van der Waals surface area contributed by atoms with Gasteiger partial charge in [0.05, 0.1) is 5.56 Å². The Balaban J connectivity index is 2.12. The molecule has 1 heterocycles. The Labute approximate surface area is 113 Å². The summed E-state index contributed by atoms with van der Waals surface area (Å²) >= 11 is 5.78. The van der Waals surface area contributed by atoms with E-state index in [1.54, 1.807) is 0 Å². The number of halogens is 1. The Morgan fingerprint density at radius 2 is 2.11 bits per heavy atom. The number of hydrogen-bond acceptors (Lipinski definition) is 3. The van der Waals surface area contributed by atoms with Crippen molar-refractivity contribution in [3.05, 3.63) is 28.8 Å². The van der Waals surface area contributed by atoms with E-state index in [-0.39, 0.29) is 28.1 Å². The van der Waals surface area contributed by atoms with Crippen molar-refractivity contribution in [3.8, 4) is 0 Å². The van der Waals surface area contributed by atoms with Crippen molar-refractivity contribution in [1.29, 1.82) is 0 Å². The molecular weight excluding hydrogens is 272 g/mol. The summed E-state index contributed by atoms with van der Waals surface area (Å²) in [5.41, 5.74) is 0.273. The van der Waals surface area contributed by atoms with Crippen LogP contribution < -0.4 is 10.6 Å². The van der Waals surface area contributed by atoms with E-state index in [1.165, 1.54) is 18.2 Å². The first-order chi connectivity index (χ1) is 8.95. The van der Waals surface area contributed by atoms with Gasteiger partial charge in [-0.15, -0.1) is 0 Å². The molecule has 2 amide bonds.